The van der Waals surface area contributed by atoms with Crippen LogP contribution in [0.5, 0.6) is 0 Å². The first kappa shape index (κ1) is 12.4. The Balaban J connectivity index is 2.37. The molecule has 0 aliphatic rings. The van der Waals surface area contributed by atoms with Gasteiger partial charge in [0.2, 0.25) is 0 Å². The molecular formula is C12H15BrN2O2. The van der Waals surface area contributed by atoms with Crippen LogP contribution in [-0.2, 0) is 5.41 Å². The first-order valence-electron chi connectivity index (χ1n) is 5.43. The highest BCUT2D eigenvalue weighted by Gasteiger charge is 2.20. The highest BCUT2D eigenvalue weighted by molar-refractivity contribution is 9.09. The molecule has 1 aromatic carbocycles. The smallest absolute Gasteiger partial charge is 0.408 e. The van der Waals surface area contributed by atoms with E-state index >= 15 is 0 Å². The highest BCUT2D eigenvalue weighted by Crippen LogP contribution is 2.25. The van der Waals surface area contributed by atoms with Gasteiger partial charge in [0.05, 0.1) is 11.0 Å². The van der Waals surface area contributed by atoms with Crippen molar-refractivity contribution in [1.29, 1.82) is 0 Å². The van der Waals surface area contributed by atoms with Crippen LogP contribution in [0.2, 0.25) is 0 Å². The quantitative estimate of drug-likeness (QED) is 0.673. The average molecular weight is 299 g/mol. The van der Waals surface area contributed by atoms with E-state index in [1.807, 2.05) is 18.2 Å². The lowest BCUT2D eigenvalue weighted by atomic mass is 9.84. The van der Waals surface area contributed by atoms with E-state index in [1.165, 1.54) is 0 Å². The molecule has 0 aliphatic heterocycles. The minimum atomic E-state index is -0.409. The normalized spacial score (nSPS) is 12.2. The van der Waals surface area contributed by atoms with Gasteiger partial charge in [0.25, 0.3) is 0 Å². The van der Waals surface area contributed by atoms with Crippen LogP contribution in [0.4, 0.5) is 0 Å². The third-order valence-corrected chi connectivity index (χ3v) is 3.26. The molecule has 1 heterocycles. The van der Waals surface area contributed by atoms with Crippen LogP contribution in [0.25, 0.3) is 11.1 Å². The summed E-state index contributed by atoms with van der Waals surface area (Å²) < 4.78 is 4.98. The second-order valence-electron chi connectivity index (χ2n) is 4.67. The lowest BCUT2D eigenvalue weighted by Gasteiger charge is -2.25. The van der Waals surface area contributed by atoms with Crippen molar-refractivity contribution < 1.29 is 4.42 Å². The molecule has 2 rings (SSSR count). The molecule has 1 aromatic heterocycles. The van der Waals surface area contributed by atoms with E-state index in [9.17, 15) is 4.79 Å². The fourth-order valence-electron chi connectivity index (χ4n) is 1.83. The lowest BCUT2D eigenvalue weighted by Crippen LogP contribution is -2.32. The summed E-state index contributed by atoms with van der Waals surface area (Å²) in [4.78, 5) is 13.8. The average Bonchev–Trinajstić information content (AvgIpc) is 2.65. The van der Waals surface area contributed by atoms with Crippen LogP contribution in [-0.4, -0.2) is 17.0 Å². The minimum Gasteiger partial charge on any atom is -0.408 e. The molecule has 0 amide bonds. The van der Waals surface area contributed by atoms with Crippen molar-refractivity contribution in [2.75, 3.05) is 12.0 Å². The molecule has 17 heavy (non-hydrogen) atoms. The number of aromatic nitrogens is 1. The number of aromatic amines is 1. The van der Waals surface area contributed by atoms with Crippen LogP contribution < -0.4 is 11.1 Å². The summed E-state index contributed by atoms with van der Waals surface area (Å²) in [6, 6.07) is 5.80. The van der Waals surface area contributed by atoms with Crippen molar-refractivity contribution >= 4 is 27.0 Å². The zero-order valence-electron chi connectivity index (χ0n) is 9.84. The van der Waals surface area contributed by atoms with Gasteiger partial charge in [0.1, 0.15) is 0 Å². The Morgan fingerprint density at radius 3 is 2.94 bits per heavy atom. The molecule has 0 fully saturated rings. The topological polar surface area (TPSA) is 58.0 Å². The zero-order valence-corrected chi connectivity index (χ0v) is 11.4. The minimum absolute atomic E-state index is 0.00385. The third kappa shape index (κ3) is 2.61. The molecule has 2 aromatic rings. The summed E-state index contributed by atoms with van der Waals surface area (Å²) in [5, 5.41) is 3.26. The van der Waals surface area contributed by atoms with Gasteiger partial charge in [0.15, 0.2) is 5.58 Å². The van der Waals surface area contributed by atoms with Crippen LogP contribution >= 0.6 is 15.9 Å². The Hall–Kier alpha value is -1.07. The van der Waals surface area contributed by atoms with Crippen LogP contribution in [0, 0.1) is 0 Å². The SMILES string of the molecule is CC(C)(CNCBr)c1ccc2oc(=O)[nH]c2c1. The third-order valence-electron chi connectivity index (χ3n) is 2.86. The maximum Gasteiger partial charge on any atom is 0.417 e. The number of oxazole rings is 1. The van der Waals surface area contributed by atoms with E-state index in [1.54, 1.807) is 0 Å². The van der Waals surface area contributed by atoms with Crippen molar-refractivity contribution in [3.05, 3.63) is 34.3 Å². The standard InChI is InChI=1S/C12H15BrN2O2/c1-12(2,6-14-7-13)8-3-4-10-9(5-8)15-11(16)17-10/h3-5,14H,6-7H2,1-2H3,(H,15,16). The summed E-state index contributed by atoms with van der Waals surface area (Å²) in [6.45, 7) is 5.16. The highest BCUT2D eigenvalue weighted by atomic mass is 79.9. The van der Waals surface area contributed by atoms with E-state index in [4.69, 9.17) is 4.42 Å². The molecule has 0 saturated carbocycles. The fourth-order valence-corrected chi connectivity index (χ4v) is 2.03. The van der Waals surface area contributed by atoms with Crippen molar-refractivity contribution in [2.24, 2.45) is 0 Å². The number of nitrogens with one attached hydrogen (secondary N) is 2. The summed E-state index contributed by atoms with van der Waals surface area (Å²) in [7, 11) is 0. The number of hydrogen-bond donors (Lipinski definition) is 2. The number of alkyl halides is 1. The van der Waals surface area contributed by atoms with Crippen LogP contribution in [0.3, 0.4) is 0 Å². The summed E-state index contributed by atoms with van der Waals surface area (Å²) in [5.74, 6) is -0.409. The van der Waals surface area contributed by atoms with Gasteiger partial charge in [-0.3, -0.25) is 4.98 Å². The second kappa shape index (κ2) is 4.66. The Morgan fingerprint density at radius 1 is 1.47 bits per heavy atom. The van der Waals surface area contributed by atoms with E-state index in [0.717, 1.165) is 23.1 Å². The van der Waals surface area contributed by atoms with E-state index in [0.29, 0.717) is 5.58 Å². The molecule has 0 unspecified atom stereocenters. The van der Waals surface area contributed by atoms with Gasteiger partial charge >= 0.3 is 5.76 Å². The monoisotopic (exact) mass is 298 g/mol. The summed E-state index contributed by atoms with van der Waals surface area (Å²) >= 11 is 3.34. The van der Waals surface area contributed by atoms with Gasteiger partial charge in [-0.1, -0.05) is 35.8 Å². The number of hydrogen-bond acceptors (Lipinski definition) is 3. The molecule has 0 radical (unpaired) electrons. The van der Waals surface area contributed by atoms with Crippen LogP contribution in [0.15, 0.2) is 27.4 Å². The predicted octanol–water partition coefficient (Wildman–Crippen LogP) is 2.34. The zero-order chi connectivity index (χ0) is 12.5. The predicted molar refractivity (Wildman–Crippen MR) is 71.7 cm³/mol. The molecule has 5 heteroatoms. The lowest BCUT2D eigenvalue weighted by molar-refractivity contribution is 0.491. The first-order chi connectivity index (χ1) is 8.03. The molecule has 2 N–H and O–H groups in total. The molecule has 0 bridgehead atoms. The summed E-state index contributed by atoms with van der Waals surface area (Å²) in [5.41, 5.74) is 3.27. The van der Waals surface area contributed by atoms with Crippen molar-refractivity contribution in [3.8, 4) is 0 Å². The maximum atomic E-state index is 11.1. The van der Waals surface area contributed by atoms with Gasteiger partial charge in [-0.15, -0.1) is 0 Å². The van der Waals surface area contributed by atoms with Crippen molar-refractivity contribution in [3.63, 3.8) is 0 Å². The van der Waals surface area contributed by atoms with Gasteiger partial charge in [-0.05, 0) is 17.7 Å². The van der Waals surface area contributed by atoms with Gasteiger partial charge in [-0.2, -0.15) is 0 Å². The van der Waals surface area contributed by atoms with E-state index in [2.05, 4.69) is 40.1 Å². The molecule has 92 valence electrons. The summed E-state index contributed by atoms with van der Waals surface area (Å²) in [6.07, 6.45) is 0. The molecular weight excluding hydrogens is 284 g/mol. The first-order valence-corrected chi connectivity index (χ1v) is 6.55. The number of fused-ring (bicyclic) bond motifs is 1. The maximum absolute atomic E-state index is 11.1. The van der Waals surface area contributed by atoms with Gasteiger partial charge in [0, 0.05) is 12.0 Å². The van der Waals surface area contributed by atoms with Crippen molar-refractivity contribution in [2.45, 2.75) is 19.3 Å². The Bertz CT molecular complexity index is 571. The van der Waals surface area contributed by atoms with Gasteiger partial charge < -0.3 is 9.73 Å². The molecule has 4 nitrogen and oxygen atoms in total. The van der Waals surface area contributed by atoms with Crippen molar-refractivity contribution in [1.82, 2.24) is 10.3 Å². The molecule has 0 saturated heterocycles. The number of H-pyrrole nitrogens is 1. The van der Waals surface area contributed by atoms with E-state index in [-0.39, 0.29) is 5.41 Å². The fraction of sp³-hybridized carbons (Fsp3) is 0.417. The molecule has 0 spiro atoms. The number of benzene rings is 1. The van der Waals surface area contributed by atoms with Gasteiger partial charge in [-0.25, -0.2) is 4.79 Å². The van der Waals surface area contributed by atoms with E-state index < -0.39 is 5.76 Å². The number of rotatable bonds is 4. The van der Waals surface area contributed by atoms with Crippen LogP contribution in [0.1, 0.15) is 19.4 Å². The molecule has 0 atom stereocenters. The second-order valence-corrected chi connectivity index (χ2v) is 5.23. The Labute approximate surface area is 108 Å². The Kier molecular flexibility index (Phi) is 3.40. The number of halogens is 1. The Morgan fingerprint density at radius 2 is 2.24 bits per heavy atom. The molecule has 0 aliphatic carbocycles. The largest absolute Gasteiger partial charge is 0.417 e.